The lowest BCUT2D eigenvalue weighted by molar-refractivity contribution is -0.139. The SMILES string of the molecule is N#Cc1cc(NS(=O)(=O)c2ccccc2C(F)(F)F)c(F)cc1F. The van der Waals surface area contributed by atoms with Crippen LogP contribution in [0.1, 0.15) is 11.1 Å². The molecule has 10 heteroatoms. The molecule has 0 aliphatic heterocycles. The van der Waals surface area contributed by atoms with Gasteiger partial charge in [0.05, 0.1) is 21.7 Å². The molecule has 0 heterocycles. The van der Waals surface area contributed by atoms with Crippen LogP contribution >= 0.6 is 0 Å². The highest BCUT2D eigenvalue weighted by molar-refractivity contribution is 7.92. The van der Waals surface area contributed by atoms with Gasteiger partial charge in [0.2, 0.25) is 0 Å². The Morgan fingerprint density at radius 3 is 2.25 bits per heavy atom. The molecule has 1 N–H and O–H groups in total. The summed E-state index contributed by atoms with van der Waals surface area (Å²) in [7, 11) is -4.83. The quantitative estimate of drug-likeness (QED) is 0.848. The van der Waals surface area contributed by atoms with E-state index in [-0.39, 0.29) is 6.07 Å². The van der Waals surface area contributed by atoms with Gasteiger partial charge in [-0.25, -0.2) is 17.2 Å². The van der Waals surface area contributed by atoms with Crippen molar-refractivity contribution in [3.8, 4) is 6.07 Å². The van der Waals surface area contributed by atoms with Gasteiger partial charge in [-0.05, 0) is 18.2 Å². The van der Waals surface area contributed by atoms with E-state index in [2.05, 4.69) is 0 Å². The van der Waals surface area contributed by atoms with Crippen molar-refractivity contribution in [2.75, 3.05) is 4.72 Å². The number of rotatable bonds is 3. The standard InChI is InChI=1S/C14H7F5N2O2S/c15-10-6-11(16)12(5-8(10)7-20)21-24(22,23)13-4-2-1-3-9(13)14(17,18)19/h1-6,21H. The van der Waals surface area contributed by atoms with Gasteiger partial charge in [0.25, 0.3) is 10.0 Å². The molecule has 0 bridgehead atoms. The van der Waals surface area contributed by atoms with E-state index >= 15 is 0 Å². The van der Waals surface area contributed by atoms with Crippen LogP contribution in [-0.2, 0) is 16.2 Å². The van der Waals surface area contributed by atoms with Crippen LogP contribution in [0.5, 0.6) is 0 Å². The first-order chi connectivity index (χ1) is 11.1. The smallest absolute Gasteiger partial charge is 0.277 e. The van der Waals surface area contributed by atoms with E-state index in [0.29, 0.717) is 18.2 Å². The number of sulfonamides is 1. The van der Waals surface area contributed by atoms with E-state index in [1.807, 2.05) is 0 Å². The second-order valence-corrected chi connectivity index (χ2v) is 6.17. The van der Waals surface area contributed by atoms with E-state index < -0.39 is 49.5 Å². The Hall–Kier alpha value is -2.67. The van der Waals surface area contributed by atoms with Gasteiger partial charge in [-0.3, -0.25) is 4.72 Å². The maximum atomic E-state index is 13.6. The van der Waals surface area contributed by atoms with Gasteiger partial charge in [0.1, 0.15) is 17.7 Å². The fraction of sp³-hybridized carbons (Fsp3) is 0.0714. The lowest BCUT2D eigenvalue weighted by Crippen LogP contribution is -2.19. The lowest BCUT2D eigenvalue weighted by Gasteiger charge is -2.14. The predicted octanol–water partition coefficient (Wildman–Crippen LogP) is 3.66. The fourth-order valence-corrected chi connectivity index (χ4v) is 3.13. The third-order valence-electron chi connectivity index (χ3n) is 2.90. The zero-order chi connectivity index (χ0) is 18.1. The molecule has 0 unspecified atom stereocenters. The van der Waals surface area contributed by atoms with Crippen molar-refractivity contribution < 1.29 is 30.4 Å². The van der Waals surface area contributed by atoms with E-state index in [4.69, 9.17) is 5.26 Å². The van der Waals surface area contributed by atoms with Crippen molar-refractivity contribution in [2.24, 2.45) is 0 Å². The molecule has 2 rings (SSSR count). The molecule has 0 atom stereocenters. The Morgan fingerprint density at radius 2 is 1.67 bits per heavy atom. The van der Waals surface area contributed by atoms with Gasteiger partial charge < -0.3 is 0 Å². The van der Waals surface area contributed by atoms with Gasteiger partial charge in [-0.1, -0.05) is 12.1 Å². The average molecular weight is 362 g/mol. The number of alkyl halides is 3. The molecule has 0 aromatic heterocycles. The summed E-state index contributed by atoms with van der Waals surface area (Å²) < 4.78 is 91.5. The summed E-state index contributed by atoms with van der Waals surface area (Å²) in [6, 6.07) is 5.48. The van der Waals surface area contributed by atoms with Crippen LogP contribution in [0.2, 0.25) is 0 Å². The third-order valence-corrected chi connectivity index (χ3v) is 4.33. The molecule has 126 valence electrons. The lowest BCUT2D eigenvalue weighted by atomic mass is 10.2. The summed E-state index contributed by atoms with van der Waals surface area (Å²) in [4.78, 5) is -1.13. The van der Waals surface area contributed by atoms with Crippen LogP contribution in [0, 0.1) is 23.0 Å². The molecule has 2 aromatic rings. The normalized spacial score (nSPS) is 11.8. The number of nitrogens with one attached hydrogen (secondary N) is 1. The van der Waals surface area contributed by atoms with E-state index in [9.17, 15) is 30.4 Å². The van der Waals surface area contributed by atoms with Crippen LogP contribution in [0.25, 0.3) is 0 Å². The molecule has 0 radical (unpaired) electrons. The van der Waals surface area contributed by atoms with Gasteiger partial charge in [-0.15, -0.1) is 0 Å². The summed E-state index contributed by atoms with van der Waals surface area (Å²) in [6.07, 6.45) is -4.95. The number of nitriles is 1. The van der Waals surface area contributed by atoms with Gasteiger partial charge in [0, 0.05) is 6.07 Å². The summed E-state index contributed by atoms with van der Waals surface area (Å²) >= 11 is 0. The molecule has 0 fully saturated rings. The fourth-order valence-electron chi connectivity index (χ4n) is 1.85. The number of hydrogen-bond donors (Lipinski definition) is 1. The van der Waals surface area contributed by atoms with Crippen LogP contribution in [0.15, 0.2) is 41.3 Å². The van der Waals surface area contributed by atoms with Crippen molar-refractivity contribution in [3.63, 3.8) is 0 Å². The van der Waals surface area contributed by atoms with E-state index in [1.165, 1.54) is 6.07 Å². The Bertz CT molecular complexity index is 933. The Kier molecular flexibility index (Phi) is 4.48. The maximum absolute atomic E-state index is 13.6. The molecule has 0 spiro atoms. The second-order valence-electron chi connectivity index (χ2n) is 4.52. The predicted molar refractivity (Wildman–Crippen MR) is 73.3 cm³/mol. The van der Waals surface area contributed by atoms with E-state index in [1.54, 1.807) is 4.72 Å². The number of halogens is 5. The van der Waals surface area contributed by atoms with Crippen LogP contribution < -0.4 is 4.72 Å². The minimum atomic E-state index is -4.95. The zero-order valence-electron chi connectivity index (χ0n) is 11.5. The van der Waals surface area contributed by atoms with Crippen molar-refractivity contribution >= 4 is 15.7 Å². The first-order valence-corrected chi connectivity index (χ1v) is 7.63. The molecule has 24 heavy (non-hydrogen) atoms. The summed E-state index contributed by atoms with van der Waals surface area (Å²) in [6.45, 7) is 0. The maximum Gasteiger partial charge on any atom is 0.417 e. The molecular formula is C14H7F5N2O2S. The Morgan fingerprint density at radius 1 is 1.04 bits per heavy atom. The largest absolute Gasteiger partial charge is 0.417 e. The van der Waals surface area contributed by atoms with Crippen molar-refractivity contribution in [1.29, 1.82) is 5.26 Å². The summed E-state index contributed by atoms with van der Waals surface area (Å²) in [5.74, 6) is -2.60. The molecular weight excluding hydrogens is 355 g/mol. The van der Waals surface area contributed by atoms with Crippen LogP contribution in [0.3, 0.4) is 0 Å². The first-order valence-electron chi connectivity index (χ1n) is 6.14. The highest BCUT2D eigenvalue weighted by Crippen LogP contribution is 2.35. The monoisotopic (exact) mass is 362 g/mol. The minimum Gasteiger partial charge on any atom is -0.277 e. The molecule has 2 aromatic carbocycles. The number of benzene rings is 2. The second kappa shape index (κ2) is 6.09. The van der Waals surface area contributed by atoms with Crippen molar-refractivity contribution in [2.45, 2.75) is 11.1 Å². The average Bonchev–Trinajstić information content (AvgIpc) is 2.49. The Balaban J connectivity index is 2.54. The molecule has 0 aliphatic carbocycles. The molecule has 0 saturated carbocycles. The molecule has 0 aliphatic rings. The topological polar surface area (TPSA) is 70.0 Å². The zero-order valence-corrected chi connectivity index (χ0v) is 12.3. The number of nitrogens with zero attached hydrogens (tertiary/aromatic N) is 1. The highest BCUT2D eigenvalue weighted by Gasteiger charge is 2.37. The third kappa shape index (κ3) is 3.46. The summed E-state index contributed by atoms with van der Waals surface area (Å²) in [5, 5.41) is 8.66. The molecule has 0 saturated heterocycles. The van der Waals surface area contributed by atoms with E-state index in [0.717, 1.165) is 12.1 Å². The van der Waals surface area contributed by atoms with Crippen molar-refractivity contribution in [3.05, 3.63) is 59.2 Å². The minimum absolute atomic E-state index is 0.256. The van der Waals surface area contributed by atoms with Gasteiger partial charge in [0.15, 0.2) is 0 Å². The molecule has 0 amide bonds. The van der Waals surface area contributed by atoms with Crippen LogP contribution in [0.4, 0.5) is 27.6 Å². The van der Waals surface area contributed by atoms with Gasteiger partial charge >= 0.3 is 6.18 Å². The number of hydrogen-bond acceptors (Lipinski definition) is 3. The first kappa shape index (κ1) is 17.7. The highest BCUT2D eigenvalue weighted by atomic mass is 32.2. The Labute approximate surface area is 133 Å². The van der Waals surface area contributed by atoms with Crippen LogP contribution in [-0.4, -0.2) is 8.42 Å². The summed E-state index contributed by atoms with van der Waals surface area (Å²) in [5.41, 5.74) is -2.95. The number of anilines is 1. The molecule has 4 nitrogen and oxygen atoms in total. The van der Waals surface area contributed by atoms with Crippen molar-refractivity contribution in [1.82, 2.24) is 0 Å². The van der Waals surface area contributed by atoms with Gasteiger partial charge in [-0.2, -0.15) is 18.4 Å².